The predicted molar refractivity (Wildman–Crippen MR) is 153 cm³/mol. The molecule has 0 radical (unpaired) electrons. The Hall–Kier alpha value is -3.88. The normalized spacial score (nSPS) is 11.2. The molecule has 0 spiro atoms. The summed E-state index contributed by atoms with van der Waals surface area (Å²) in [5, 5.41) is 10.8. The molecule has 1 N–H and O–H groups in total. The van der Waals surface area contributed by atoms with E-state index in [4.69, 9.17) is 9.47 Å². The Morgan fingerprint density at radius 2 is 1.51 bits per heavy atom. The lowest BCUT2D eigenvalue weighted by molar-refractivity contribution is 0.0478. The molecule has 0 saturated carbocycles. The number of unbranched alkanes of at least 4 members (excludes halogenated alkanes) is 5. The first-order valence-corrected chi connectivity index (χ1v) is 13.2. The van der Waals surface area contributed by atoms with E-state index < -0.39 is 0 Å². The highest BCUT2D eigenvalue weighted by atomic mass is 16.7. The van der Waals surface area contributed by atoms with Gasteiger partial charge in [0.1, 0.15) is 5.69 Å². The molecule has 0 fully saturated rings. The number of ether oxygens (including phenoxy) is 2. The summed E-state index contributed by atoms with van der Waals surface area (Å²) in [4.78, 5) is 9.14. The molecule has 5 heteroatoms. The van der Waals surface area contributed by atoms with Crippen molar-refractivity contribution in [2.45, 2.75) is 45.4 Å². The van der Waals surface area contributed by atoms with E-state index in [9.17, 15) is 0 Å². The van der Waals surface area contributed by atoms with Gasteiger partial charge >= 0.3 is 0 Å². The fourth-order valence-corrected chi connectivity index (χ4v) is 4.84. The fraction of sp³-hybridized carbons (Fsp3) is 0.312. The van der Waals surface area contributed by atoms with Gasteiger partial charge in [0.2, 0.25) is 11.8 Å². The third-order valence-corrected chi connectivity index (χ3v) is 6.69. The van der Waals surface area contributed by atoms with Crippen LogP contribution in [0, 0.1) is 11.8 Å². The van der Waals surface area contributed by atoms with Crippen LogP contribution in [0.2, 0.25) is 0 Å². The van der Waals surface area contributed by atoms with Crippen molar-refractivity contribution in [2.75, 3.05) is 25.8 Å². The Bertz CT molecular complexity index is 1530. The van der Waals surface area contributed by atoms with E-state index in [0.29, 0.717) is 17.5 Å². The van der Waals surface area contributed by atoms with Gasteiger partial charge < -0.3 is 14.8 Å². The molecule has 37 heavy (non-hydrogen) atoms. The van der Waals surface area contributed by atoms with Gasteiger partial charge in [-0.2, -0.15) is 4.98 Å². The van der Waals surface area contributed by atoms with E-state index >= 15 is 0 Å². The number of nitrogens with one attached hydrogen (secondary N) is 1. The van der Waals surface area contributed by atoms with Gasteiger partial charge in [-0.25, -0.2) is 4.98 Å². The first-order valence-electron chi connectivity index (χ1n) is 13.2. The summed E-state index contributed by atoms with van der Waals surface area (Å²) in [7, 11) is 1.59. The largest absolute Gasteiger partial charge is 0.450 e. The first kappa shape index (κ1) is 24.8. The van der Waals surface area contributed by atoms with E-state index in [0.717, 1.165) is 23.9 Å². The van der Waals surface area contributed by atoms with Gasteiger partial charge in [-0.05, 0) is 50.7 Å². The minimum absolute atomic E-state index is 0.121. The first-order chi connectivity index (χ1) is 18.3. The average molecular weight is 492 g/mol. The van der Waals surface area contributed by atoms with Crippen molar-refractivity contribution >= 4 is 38.3 Å². The minimum atomic E-state index is 0.121. The number of anilines is 1. The van der Waals surface area contributed by atoms with Crippen molar-refractivity contribution < 1.29 is 9.47 Å². The van der Waals surface area contributed by atoms with Crippen molar-refractivity contribution in [1.82, 2.24) is 9.97 Å². The van der Waals surface area contributed by atoms with Gasteiger partial charge in [0.25, 0.3) is 0 Å². The van der Waals surface area contributed by atoms with Gasteiger partial charge in [-0.15, -0.1) is 0 Å². The topological polar surface area (TPSA) is 56.3 Å². The summed E-state index contributed by atoms with van der Waals surface area (Å²) in [6, 6.07) is 21.2. The van der Waals surface area contributed by atoms with Crippen molar-refractivity contribution in [2.24, 2.45) is 0 Å². The van der Waals surface area contributed by atoms with E-state index in [1.165, 1.54) is 59.0 Å². The number of benzene rings is 4. The maximum absolute atomic E-state index is 5.63. The number of nitrogens with zero attached hydrogens (tertiary/aromatic N) is 2. The molecule has 0 aliphatic carbocycles. The Morgan fingerprint density at radius 1 is 0.784 bits per heavy atom. The number of methoxy groups -OCH3 is 1. The average Bonchev–Trinajstić information content (AvgIpc) is 2.93. The highest BCUT2D eigenvalue weighted by Crippen LogP contribution is 2.35. The lowest BCUT2D eigenvalue weighted by Crippen LogP contribution is -2.08. The molecule has 5 rings (SSSR count). The van der Waals surface area contributed by atoms with Crippen LogP contribution in [0.3, 0.4) is 0 Å². The second kappa shape index (κ2) is 11.9. The number of rotatable bonds is 11. The van der Waals surface area contributed by atoms with Crippen molar-refractivity contribution in [3.63, 3.8) is 0 Å². The molecule has 0 saturated heterocycles. The maximum atomic E-state index is 5.63. The fourth-order valence-electron chi connectivity index (χ4n) is 4.84. The van der Waals surface area contributed by atoms with Gasteiger partial charge in [-0.1, -0.05) is 93.5 Å². The molecule has 1 heterocycles. The van der Waals surface area contributed by atoms with Crippen LogP contribution >= 0.6 is 0 Å². The molecule has 0 bridgehead atoms. The molecule has 5 nitrogen and oxygen atoms in total. The second-order valence-electron chi connectivity index (χ2n) is 9.38. The third-order valence-electron chi connectivity index (χ3n) is 6.69. The van der Waals surface area contributed by atoms with Crippen molar-refractivity contribution in [3.8, 4) is 17.7 Å². The molecule has 0 aliphatic heterocycles. The molecule has 0 unspecified atom stereocenters. The highest BCUT2D eigenvalue weighted by Gasteiger charge is 2.10. The Morgan fingerprint density at radius 3 is 2.32 bits per heavy atom. The van der Waals surface area contributed by atoms with E-state index in [2.05, 4.69) is 88.6 Å². The van der Waals surface area contributed by atoms with Gasteiger partial charge in [-0.3, -0.25) is 0 Å². The monoisotopic (exact) mass is 491 g/mol. The van der Waals surface area contributed by atoms with Gasteiger partial charge in [0, 0.05) is 25.3 Å². The third kappa shape index (κ3) is 5.76. The SMILES string of the molecule is CCCCCCCCNc1nc(C#Cc2ccc3ccc4cccc5ccc2c3c45)cc(OCOC)n1. The van der Waals surface area contributed by atoms with Gasteiger partial charge in [0.05, 0.1) is 0 Å². The maximum Gasteiger partial charge on any atom is 0.227 e. The quantitative estimate of drug-likeness (QED) is 0.0896. The van der Waals surface area contributed by atoms with Crippen LogP contribution in [0.25, 0.3) is 32.3 Å². The lowest BCUT2D eigenvalue weighted by atomic mass is 9.92. The zero-order valence-corrected chi connectivity index (χ0v) is 21.6. The lowest BCUT2D eigenvalue weighted by Gasteiger charge is -2.11. The van der Waals surface area contributed by atoms with Gasteiger partial charge in [0.15, 0.2) is 6.79 Å². The zero-order valence-electron chi connectivity index (χ0n) is 21.6. The van der Waals surface area contributed by atoms with Crippen LogP contribution in [0.15, 0.2) is 60.7 Å². The smallest absolute Gasteiger partial charge is 0.227 e. The molecular weight excluding hydrogens is 458 g/mol. The molecule has 4 aromatic carbocycles. The van der Waals surface area contributed by atoms with Crippen molar-refractivity contribution in [3.05, 3.63) is 71.9 Å². The van der Waals surface area contributed by atoms with E-state index in [1.807, 2.05) is 0 Å². The number of hydrogen-bond acceptors (Lipinski definition) is 5. The molecule has 0 atom stereocenters. The summed E-state index contributed by atoms with van der Waals surface area (Å²) < 4.78 is 10.7. The molecule has 188 valence electrons. The molecule has 5 aromatic rings. The summed E-state index contributed by atoms with van der Waals surface area (Å²) in [6.45, 7) is 3.18. The summed E-state index contributed by atoms with van der Waals surface area (Å²) in [5.41, 5.74) is 1.59. The molecule has 0 aliphatic rings. The second-order valence-corrected chi connectivity index (χ2v) is 9.38. The van der Waals surface area contributed by atoms with Crippen molar-refractivity contribution in [1.29, 1.82) is 0 Å². The van der Waals surface area contributed by atoms with Crippen LogP contribution in [-0.2, 0) is 4.74 Å². The molecule has 1 aromatic heterocycles. The summed E-state index contributed by atoms with van der Waals surface area (Å²) >= 11 is 0. The van der Waals surface area contributed by atoms with Crippen LogP contribution in [0.4, 0.5) is 5.95 Å². The number of hydrogen-bond donors (Lipinski definition) is 1. The zero-order chi connectivity index (χ0) is 25.5. The highest BCUT2D eigenvalue weighted by molar-refractivity contribution is 6.23. The molecular formula is C32H33N3O2. The molecule has 0 amide bonds. The minimum Gasteiger partial charge on any atom is -0.450 e. The summed E-state index contributed by atoms with van der Waals surface area (Å²) in [5.74, 6) is 7.60. The predicted octanol–water partition coefficient (Wildman–Crippen LogP) is 7.53. The summed E-state index contributed by atoms with van der Waals surface area (Å²) in [6.07, 6.45) is 7.43. The Balaban J connectivity index is 1.41. The van der Waals surface area contributed by atoms with E-state index in [1.54, 1.807) is 13.2 Å². The standard InChI is InChI=1S/C32H33N3O2/c1-3-4-5-6-7-8-20-33-32-34-27(21-29(35-32)37-22-36-2)18-16-23-12-13-26-15-14-24-10-9-11-25-17-19-28(23)31(26)30(24)25/h9-15,17,19,21H,3-8,20,22H2,1-2H3,(H,33,34,35). The van der Waals surface area contributed by atoms with E-state index in [-0.39, 0.29) is 6.79 Å². The Labute approximate surface area is 218 Å². The van der Waals surface area contributed by atoms with Crippen LogP contribution < -0.4 is 10.1 Å². The number of aromatic nitrogens is 2. The van der Waals surface area contributed by atoms with Crippen LogP contribution in [0.1, 0.15) is 56.7 Å². The van der Waals surface area contributed by atoms with Crippen LogP contribution in [0.5, 0.6) is 5.88 Å². The van der Waals surface area contributed by atoms with Crippen LogP contribution in [-0.4, -0.2) is 30.4 Å². The Kier molecular flexibility index (Phi) is 7.98.